The van der Waals surface area contributed by atoms with Crippen LogP contribution >= 0.6 is 0 Å². The molecule has 78 valence electrons. The van der Waals surface area contributed by atoms with Crippen LogP contribution in [-0.2, 0) is 16.6 Å². The van der Waals surface area contributed by atoms with Gasteiger partial charge in [-0.15, -0.1) is 3.89 Å². The molecule has 1 aromatic rings. The molecule has 14 heavy (non-hydrogen) atoms. The lowest BCUT2D eigenvalue weighted by Gasteiger charge is -2.01. The zero-order valence-electron chi connectivity index (χ0n) is 7.63. The highest BCUT2D eigenvalue weighted by Gasteiger charge is 2.07. The lowest BCUT2D eigenvalue weighted by Crippen LogP contribution is -2.02. The van der Waals surface area contributed by atoms with Gasteiger partial charge in [-0.2, -0.15) is 8.42 Å². The van der Waals surface area contributed by atoms with Crippen LogP contribution in [0.25, 0.3) is 0 Å². The molecule has 0 aliphatic rings. The average molecular weight is 220 g/mol. The lowest BCUT2D eigenvalue weighted by atomic mass is 10.1. The summed E-state index contributed by atoms with van der Waals surface area (Å²) in [6, 6.07) is 4.21. The van der Waals surface area contributed by atoms with E-state index in [1.54, 1.807) is 6.92 Å². The highest BCUT2D eigenvalue weighted by molar-refractivity contribution is 7.86. The Balaban J connectivity index is 2.74. The van der Waals surface area contributed by atoms with Crippen molar-refractivity contribution >= 4 is 10.2 Å². The summed E-state index contributed by atoms with van der Waals surface area (Å²) in [6.07, 6.45) is 0.0694. The van der Waals surface area contributed by atoms with E-state index in [0.717, 1.165) is 0 Å². The molecule has 0 N–H and O–H groups in total. The predicted molar refractivity (Wildman–Crippen MR) is 49.7 cm³/mol. The summed E-state index contributed by atoms with van der Waals surface area (Å²) >= 11 is 0. The van der Waals surface area contributed by atoms with Crippen LogP contribution in [-0.4, -0.2) is 14.2 Å². The lowest BCUT2D eigenvalue weighted by molar-refractivity contribution is 0.551. The predicted octanol–water partition coefficient (Wildman–Crippen LogP) is 1.98. The van der Waals surface area contributed by atoms with E-state index in [4.69, 9.17) is 0 Å². The monoisotopic (exact) mass is 220 g/mol. The third kappa shape index (κ3) is 3.41. The molecule has 0 saturated carbocycles. The first-order valence-electron chi connectivity index (χ1n) is 4.06. The van der Waals surface area contributed by atoms with Crippen LogP contribution in [0.1, 0.15) is 11.1 Å². The summed E-state index contributed by atoms with van der Waals surface area (Å²) in [6.45, 7) is 1.57. The fourth-order valence-electron chi connectivity index (χ4n) is 1.10. The molecular formula is C9H10F2O2S. The van der Waals surface area contributed by atoms with Crippen molar-refractivity contribution < 1.29 is 16.7 Å². The van der Waals surface area contributed by atoms with Gasteiger partial charge in [0.15, 0.2) is 0 Å². The third-order valence-corrected chi connectivity index (χ3v) is 2.55. The molecule has 0 unspecified atom stereocenters. The molecule has 0 bridgehead atoms. The fourth-order valence-corrected chi connectivity index (χ4v) is 1.58. The molecule has 2 nitrogen and oxygen atoms in total. The van der Waals surface area contributed by atoms with E-state index in [2.05, 4.69) is 0 Å². The van der Waals surface area contributed by atoms with Crippen LogP contribution in [0.5, 0.6) is 0 Å². The van der Waals surface area contributed by atoms with Crippen molar-refractivity contribution in [3.05, 3.63) is 35.1 Å². The van der Waals surface area contributed by atoms with Crippen LogP contribution in [0.3, 0.4) is 0 Å². The molecule has 0 amide bonds. The van der Waals surface area contributed by atoms with Gasteiger partial charge in [0.25, 0.3) is 0 Å². The zero-order valence-corrected chi connectivity index (χ0v) is 8.44. The summed E-state index contributed by atoms with van der Waals surface area (Å²) in [5, 5.41) is 0. The van der Waals surface area contributed by atoms with Gasteiger partial charge in [0.05, 0.1) is 5.75 Å². The summed E-state index contributed by atoms with van der Waals surface area (Å²) in [5.74, 6) is -0.908. The Bertz CT molecular complexity index is 426. The van der Waals surface area contributed by atoms with E-state index in [1.165, 1.54) is 18.2 Å². The first-order chi connectivity index (χ1) is 6.38. The topological polar surface area (TPSA) is 34.1 Å². The molecule has 5 heteroatoms. The number of halogens is 2. The smallest absolute Gasteiger partial charge is 0.207 e. The van der Waals surface area contributed by atoms with E-state index >= 15 is 0 Å². The summed E-state index contributed by atoms with van der Waals surface area (Å²) in [4.78, 5) is 0. The maximum absolute atomic E-state index is 12.8. The van der Waals surface area contributed by atoms with Crippen molar-refractivity contribution in [2.75, 3.05) is 5.75 Å². The van der Waals surface area contributed by atoms with Gasteiger partial charge in [-0.05, 0) is 30.5 Å². The van der Waals surface area contributed by atoms with Gasteiger partial charge in [0.1, 0.15) is 5.82 Å². The number of hydrogen-bond donors (Lipinski definition) is 0. The molecule has 0 saturated heterocycles. The van der Waals surface area contributed by atoms with Crippen molar-refractivity contribution in [3.8, 4) is 0 Å². The van der Waals surface area contributed by atoms with Crippen molar-refractivity contribution in [1.29, 1.82) is 0 Å². The standard InChI is InChI=1S/C9H10F2O2S/c1-7-6-8(2-3-9(7)10)4-5-14(11,12)13/h2-3,6H,4-5H2,1H3. The summed E-state index contributed by atoms with van der Waals surface area (Å²) < 4.78 is 45.4. The van der Waals surface area contributed by atoms with E-state index in [9.17, 15) is 16.7 Å². The van der Waals surface area contributed by atoms with Gasteiger partial charge in [-0.3, -0.25) is 0 Å². The molecule has 0 fully saturated rings. The molecule has 0 aliphatic heterocycles. The van der Waals surface area contributed by atoms with Crippen molar-refractivity contribution in [3.63, 3.8) is 0 Å². The molecule has 0 aliphatic carbocycles. The first-order valence-corrected chi connectivity index (χ1v) is 5.61. The molecule has 0 spiro atoms. The van der Waals surface area contributed by atoms with Crippen LogP contribution in [0.2, 0.25) is 0 Å². The largest absolute Gasteiger partial charge is 0.302 e. The Morgan fingerprint density at radius 1 is 1.36 bits per heavy atom. The number of hydrogen-bond acceptors (Lipinski definition) is 2. The molecule has 0 radical (unpaired) electrons. The van der Waals surface area contributed by atoms with Crippen LogP contribution in [0, 0.1) is 12.7 Å². The maximum atomic E-state index is 12.8. The molecule has 1 aromatic carbocycles. The zero-order chi connectivity index (χ0) is 10.8. The highest BCUT2D eigenvalue weighted by atomic mass is 32.3. The van der Waals surface area contributed by atoms with Gasteiger partial charge in [-0.25, -0.2) is 4.39 Å². The molecular weight excluding hydrogens is 210 g/mol. The second-order valence-electron chi connectivity index (χ2n) is 3.08. The average Bonchev–Trinajstić information content (AvgIpc) is 2.06. The van der Waals surface area contributed by atoms with Crippen molar-refractivity contribution in [1.82, 2.24) is 0 Å². The maximum Gasteiger partial charge on any atom is 0.302 e. The third-order valence-electron chi connectivity index (χ3n) is 1.86. The first kappa shape index (κ1) is 11.1. The van der Waals surface area contributed by atoms with E-state index < -0.39 is 16.0 Å². The number of aryl methyl sites for hydroxylation is 2. The molecule has 0 aromatic heterocycles. The Morgan fingerprint density at radius 3 is 2.50 bits per heavy atom. The molecule has 0 heterocycles. The Labute approximate surface area is 81.8 Å². The second-order valence-corrected chi connectivity index (χ2v) is 4.56. The Morgan fingerprint density at radius 2 is 2.00 bits per heavy atom. The number of rotatable bonds is 3. The fraction of sp³-hybridized carbons (Fsp3) is 0.333. The van der Waals surface area contributed by atoms with Gasteiger partial charge in [0, 0.05) is 0 Å². The second kappa shape index (κ2) is 4.04. The van der Waals surface area contributed by atoms with Gasteiger partial charge < -0.3 is 0 Å². The van der Waals surface area contributed by atoms with Crippen LogP contribution in [0.15, 0.2) is 18.2 Å². The summed E-state index contributed by atoms with van der Waals surface area (Å²) in [7, 11) is -4.44. The minimum atomic E-state index is -4.44. The van der Waals surface area contributed by atoms with Crippen LogP contribution in [0.4, 0.5) is 8.28 Å². The van der Waals surface area contributed by atoms with Crippen LogP contribution < -0.4 is 0 Å². The Kier molecular flexibility index (Phi) is 3.21. The normalized spacial score (nSPS) is 11.6. The van der Waals surface area contributed by atoms with Gasteiger partial charge >= 0.3 is 10.2 Å². The highest BCUT2D eigenvalue weighted by Crippen LogP contribution is 2.10. The molecule has 1 rings (SSSR count). The quantitative estimate of drug-likeness (QED) is 0.730. The van der Waals surface area contributed by atoms with E-state index in [1.807, 2.05) is 0 Å². The minimum absolute atomic E-state index is 0.0694. The van der Waals surface area contributed by atoms with Crippen molar-refractivity contribution in [2.45, 2.75) is 13.3 Å². The van der Waals surface area contributed by atoms with Gasteiger partial charge in [0.2, 0.25) is 0 Å². The Hall–Kier alpha value is -0.970. The minimum Gasteiger partial charge on any atom is -0.207 e. The van der Waals surface area contributed by atoms with E-state index in [0.29, 0.717) is 11.1 Å². The summed E-state index contributed by atoms with van der Waals surface area (Å²) in [5.41, 5.74) is 1.05. The molecule has 0 atom stereocenters. The van der Waals surface area contributed by atoms with Gasteiger partial charge in [-0.1, -0.05) is 12.1 Å². The number of benzene rings is 1. The van der Waals surface area contributed by atoms with Crippen molar-refractivity contribution in [2.24, 2.45) is 0 Å². The van der Waals surface area contributed by atoms with E-state index in [-0.39, 0.29) is 12.2 Å². The SMILES string of the molecule is Cc1cc(CCS(=O)(=O)F)ccc1F.